The molecule has 0 unspecified atom stereocenters. The van der Waals surface area contributed by atoms with Gasteiger partial charge < -0.3 is 5.32 Å². The Balaban J connectivity index is 2.00. The minimum absolute atomic E-state index is 0.420. The smallest absolute Gasteiger partial charge is 0.0462 e. The molecule has 0 radical (unpaired) electrons. The van der Waals surface area contributed by atoms with Crippen molar-refractivity contribution in [3.63, 3.8) is 0 Å². The number of halogens is 2. The zero-order valence-corrected chi connectivity index (χ0v) is 15.2. The lowest BCUT2D eigenvalue weighted by molar-refractivity contribution is 0.0845. The average molecular weight is 359 g/mol. The van der Waals surface area contributed by atoms with E-state index in [4.69, 9.17) is 11.6 Å². The van der Waals surface area contributed by atoms with Crippen molar-refractivity contribution in [2.75, 3.05) is 0 Å². The first-order valence-corrected chi connectivity index (χ1v) is 8.51. The predicted octanol–water partition coefficient (Wildman–Crippen LogP) is 5.80. The summed E-state index contributed by atoms with van der Waals surface area (Å²) in [4.78, 5) is 0. The number of hydrogen-bond acceptors (Lipinski definition) is 1. The molecule has 0 aromatic heterocycles. The average Bonchev–Trinajstić information content (AvgIpc) is 2.23. The molecule has 0 heterocycles. The Bertz CT molecular complexity index is 466. The molecule has 112 valence electrons. The first kappa shape index (κ1) is 16.3. The van der Waals surface area contributed by atoms with Gasteiger partial charge in [0.2, 0.25) is 0 Å². The van der Waals surface area contributed by atoms with E-state index < -0.39 is 0 Å². The Morgan fingerprint density at radius 1 is 1.20 bits per heavy atom. The minimum Gasteiger partial charge on any atom is -0.310 e. The molecule has 1 aromatic carbocycles. The lowest BCUT2D eigenvalue weighted by Crippen LogP contribution is -2.43. The Morgan fingerprint density at radius 3 is 2.35 bits per heavy atom. The number of rotatable bonds is 3. The van der Waals surface area contributed by atoms with Crippen molar-refractivity contribution in [3.05, 3.63) is 33.3 Å². The maximum atomic E-state index is 6.29. The Hall–Kier alpha value is -0.0500. The van der Waals surface area contributed by atoms with Crippen LogP contribution in [0.4, 0.5) is 0 Å². The van der Waals surface area contributed by atoms with Crippen LogP contribution in [-0.2, 0) is 6.54 Å². The zero-order valence-electron chi connectivity index (χ0n) is 12.9. The van der Waals surface area contributed by atoms with E-state index in [2.05, 4.69) is 61.1 Å². The van der Waals surface area contributed by atoms with Gasteiger partial charge in [-0.2, -0.15) is 0 Å². The molecular formula is C17H25BrClN. The molecule has 1 aliphatic rings. The second-order valence-corrected chi connectivity index (χ2v) is 9.05. The fraction of sp³-hybridized carbons (Fsp3) is 0.647. The third kappa shape index (κ3) is 4.47. The molecule has 1 nitrogen and oxygen atoms in total. The highest BCUT2D eigenvalue weighted by atomic mass is 79.9. The molecule has 0 atom stereocenters. The summed E-state index contributed by atoms with van der Waals surface area (Å²) in [6, 6.07) is 6.69. The van der Waals surface area contributed by atoms with E-state index in [0.29, 0.717) is 16.9 Å². The monoisotopic (exact) mass is 357 g/mol. The summed E-state index contributed by atoms with van der Waals surface area (Å²) < 4.78 is 1.03. The van der Waals surface area contributed by atoms with Crippen molar-refractivity contribution in [2.24, 2.45) is 10.8 Å². The van der Waals surface area contributed by atoms with E-state index in [-0.39, 0.29) is 0 Å². The number of nitrogens with one attached hydrogen (secondary N) is 1. The van der Waals surface area contributed by atoms with E-state index in [9.17, 15) is 0 Å². The summed E-state index contributed by atoms with van der Waals surface area (Å²) in [6.07, 6.45) is 3.78. The van der Waals surface area contributed by atoms with Crippen molar-refractivity contribution >= 4 is 27.5 Å². The van der Waals surface area contributed by atoms with Gasteiger partial charge in [-0.3, -0.25) is 0 Å². The van der Waals surface area contributed by atoms with Gasteiger partial charge in [-0.25, -0.2) is 0 Å². The predicted molar refractivity (Wildman–Crippen MR) is 91.2 cm³/mol. The Labute approximate surface area is 136 Å². The summed E-state index contributed by atoms with van der Waals surface area (Å²) >= 11 is 9.74. The van der Waals surface area contributed by atoms with Crippen LogP contribution in [0.1, 0.15) is 52.5 Å². The fourth-order valence-corrected chi connectivity index (χ4v) is 4.65. The maximum Gasteiger partial charge on any atom is 0.0462 e. The molecule has 0 bridgehead atoms. The fourth-order valence-electron chi connectivity index (χ4n) is 3.91. The van der Waals surface area contributed by atoms with E-state index in [1.54, 1.807) is 0 Å². The summed E-state index contributed by atoms with van der Waals surface area (Å²) in [5.74, 6) is 0. The van der Waals surface area contributed by atoms with Gasteiger partial charge in [0.1, 0.15) is 0 Å². The largest absolute Gasteiger partial charge is 0.310 e. The lowest BCUT2D eigenvalue weighted by Gasteiger charge is -2.45. The molecule has 1 aromatic rings. The summed E-state index contributed by atoms with van der Waals surface area (Å²) in [5, 5.41) is 4.54. The van der Waals surface area contributed by atoms with E-state index in [1.165, 1.54) is 24.8 Å². The molecular weight excluding hydrogens is 334 g/mol. The van der Waals surface area contributed by atoms with Crippen molar-refractivity contribution in [3.8, 4) is 0 Å². The topological polar surface area (TPSA) is 12.0 Å². The van der Waals surface area contributed by atoms with E-state index >= 15 is 0 Å². The first-order valence-electron chi connectivity index (χ1n) is 7.34. The third-order valence-corrected chi connectivity index (χ3v) is 5.00. The van der Waals surface area contributed by atoms with Gasteiger partial charge in [-0.15, -0.1) is 0 Å². The molecule has 0 saturated heterocycles. The van der Waals surface area contributed by atoms with Crippen LogP contribution in [0.25, 0.3) is 0 Å². The number of benzene rings is 1. The highest BCUT2D eigenvalue weighted by Gasteiger charge is 2.38. The van der Waals surface area contributed by atoms with Gasteiger partial charge in [0.15, 0.2) is 0 Å². The van der Waals surface area contributed by atoms with Gasteiger partial charge in [-0.05, 0) is 47.8 Å². The molecule has 0 aliphatic heterocycles. The molecule has 3 heteroatoms. The molecule has 0 amide bonds. The SMILES string of the molecule is CC1(C)CC(NCc2ccc(Br)cc2Cl)CC(C)(C)C1. The van der Waals surface area contributed by atoms with Crippen LogP contribution in [-0.4, -0.2) is 6.04 Å². The van der Waals surface area contributed by atoms with Gasteiger partial charge in [0.05, 0.1) is 0 Å². The molecule has 20 heavy (non-hydrogen) atoms. The van der Waals surface area contributed by atoms with Crippen LogP contribution in [0.5, 0.6) is 0 Å². The highest BCUT2D eigenvalue weighted by Crippen LogP contribution is 2.45. The zero-order chi connectivity index (χ0) is 15.0. The van der Waals surface area contributed by atoms with Crippen LogP contribution in [0.15, 0.2) is 22.7 Å². The molecule has 1 fully saturated rings. The molecule has 1 N–H and O–H groups in total. The van der Waals surface area contributed by atoms with E-state index in [0.717, 1.165) is 16.0 Å². The van der Waals surface area contributed by atoms with Crippen LogP contribution >= 0.6 is 27.5 Å². The Morgan fingerprint density at radius 2 is 1.80 bits per heavy atom. The molecule has 1 saturated carbocycles. The molecule has 0 spiro atoms. The van der Waals surface area contributed by atoms with Crippen LogP contribution in [0.3, 0.4) is 0 Å². The summed E-state index contributed by atoms with van der Waals surface area (Å²) in [7, 11) is 0. The number of hydrogen-bond donors (Lipinski definition) is 1. The van der Waals surface area contributed by atoms with Crippen molar-refractivity contribution in [1.82, 2.24) is 5.32 Å². The van der Waals surface area contributed by atoms with Crippen molar-refractivity contribution in [2.45, 2.75) is 59.5 Å². The van der Waals surface area contributed by atoms with Gasteiger partial charge >= 0.3 is 0 Å². The lowest BCUT2D eigenvalue weighted by atomic mass is 9.63. The second-order valence-electron chi connectivity index (χ2n) is 7.73. The minimum atomic E-state index is 0.420. The maximum absolute atomic E-state index is 6.29. The van der Waals surface area contributed by atoms with Crippen molar-refractivity contribution < 1.29 is 0 Å². The van der Waals surface area contributed by atoms with Crippen LogP contribution < -0.4 is 5.32 Å². The van der Waals surface area contributed by atoms with Crippen molar-refractivity contribution in [1.29, 1.82) is 0 Å². The van der Waals surface area contributed by atoms with Gasteiger partial charge in [-0.1, -0.05) is 61.3 Å². The van der Waals surface area contributed by atoms with Crippen LogP contribution in [0.2, 0.25) is 5.02 Å². The Kier molecular flexibility index (Phi) is 4.88. The van der Waals surface area contributed by atoms with Crippen LogP contribution in [0, 0.1) is 10.8 Å². The molecule has 2 rings (SSSR count). The van der Waals surface area contributed by atoms with Gasteiger partial charge in [0, 0.05) is 22.1 Å². The standard InChI is InChI=1S/C17H25BrClN/c1-16(2)8-14(9-17(3,4)11-16)20-10-12-5-6-13(18)7-15(12)19/h5-7,14,20H,8-11H2,1-4H3. The molecule has 1 aliphatic carbocycles. The van der Waals surface area contributed by atoms with E-state index in [1.807, 2.05) is 6.07 Å². The third-order valence-electron chi connectivity index (χ3n) is 4.15. The summed E-state index contributed by atoms with van der Waals surface area (Å²) in [5.41, 5.74) is 2.02. The highest BCUT2D eigenvalue weighted by molar-refractivity contribution is 9.10. The summed E-state index contributed by atoms with van der Waals surface area (Å²) in [6.45, 7) is 10.4. The quantitative estimate of drug-likeness (QED) is 0.720. The van der Waals surface area contributed by atoms with Gasteiger partial charge in [0.25, 0.3) is 0 Å². The normalized spacial score (nSPS) is 21.9. The first-order chi connectivity index (χ1) is 9.17. The second kappa shape index (κ2) is 5.98.